The van der Waals surface area contributed by atoms with Crippen molar-refractivity contribution in [1.82, 2.24) is 5.32 Å². The second kappa shape index (κ2) is 5.19. The highest BCUT2D eigenvalue weighted by Crippen LogP contribution is 2.33. The highest BCUT2D eigenvalue weighted by molar-refractivity contribution is 5.28. The molecule has 1 aliphatic rings. The molecule has 0 aromatic heterocycles. The highest BCUT2D eigenvalue weighted by atomic mass is 16.3. The van der Waals surface area contributed by atoms with Gasteiger partial charge in [0.1, 0.15) is 0 Å². The maximum absolute atomic E-state index is 10.8. The third-order valence-electron chi connectivity index (χ3n) is 4.01. The minimum absolute atomic E-state index is 0.323. The number of piperidine rings is 1. The lowest BCUT2D eigenvalue weighted by Gasteiger charge is -2.36. The predicted octanol–water partition coefficient (Wildman–Crippen LogP) is 2.46. The van der Waals surface area contributed by atoms with Crippen LogP contribution in [0.25, 0.3) is 0 Å². The van der Waals surface area contributed by atoms with Gasteiger partial charge in [0.2, 0.25) is 0 Å². The molecule has 2 unspecified atom stereocenters. The molecule has 1 aromatic rings. The number of rotatable bonds is 3. The Labute approximate surface area is 104 Å². The first-order valence-corrected chi connectivity index (χ1v) is 6.67. The number of nitrogens with one attached hydrogen (secondary N) is 1. The normalized spacial score (nSPS) is 24.3. The van der Waals surface area contributed by atoms with Crippen LogP contribution in [-0.2, 0) is 12.0 Å². The van der Waals surface area contributed by atoms with Crippen LogP contribution in [0.3, 0.4) is 0 Å². The summed E-state index contributed by atoms with van der Waals surface area (Å²) in [6.45, 7) is 6.11. The van der Waals surface area contributed by atoms with E-state index >= 15 is 0 Å². The van der Waals surface area contributed by atoms with Crippen LogP contribution in [0.1, 0.15) is 37.8 Å². The first-order chi connectivity index (χ1) is 8.14. The molecule has 0 saturated carbocycles. The van der Waals surface area contributed by atoms with Crippen molar-refractivity contribution in [3.8, 4) is 0 Å². The molecule has 1 aromatic carbocycles. The zero-order chi connectivity index (χ0) is 12.3. The van der Waals surface area contributed by atoms with Crippen LogP contribution in [0.2, 0.25) is 0 Å². The molecule has 2 rings (SSSR count). The molecule has 0 radical (unpaired) electrons. The van der Waals surface area contributed by atoms with Gasteiger partial charge in [0.15, 0.2) is 0 Å². The van der Waals surface area contributed by atoms with Gasteiger partial charge in [-0.2, -0.15) is 0 Å². The van der Waals surface area contributed by atoms with Crippen LogP contribution in [0, 0.1) is 5.92 Å². The maximum atomic E-state index is 10.8. The topological polar surface area (TPSA) is 32.3 Å². The Bertz CT molecular complexity index is 367. The number of aliphatic hydroxyl groups is 1. The SMILES string of the molecule is CCc1cccc(C(C)(O)C2CCCNC2)c1. The van der Waals surface area contributed by atoms with E-state index in [0.717, 1.165) is 37.9 Å². The molecule has 1 aliphatic heterocycles. The Balaban J connectivity index is 2.22. The number of hydrogen-bond donors (Lipinski definition) is 2. The van der Waals surface area contributed by atoms with E-state index in [1.54, 1.807) is 0 Å². The van der Waals surface area contributed by atoms with Crippen molar-refractivity contribution in [3.05, 3.63) is 35.4 Å². The van der Waals surface area contributed by atoms with Crippen molar-refractivity contribution in [1.29, 1.82) is 0 Å². The van der Waals surface area contributed by atoms with Gasteiger partial charge in [0.25, 0.3) is 0 Å². The fourth-order valence-corrected chi connectivity index (χ4v) is 2.67. The molecule has 0 aliphatic carbocycles. The van der Waals surface area contributed by atoms with Gasteiger partial charge in [-0.1, -0.05) is 31.2 Å². The molecule has 17 heavy (non-hydrogen) atoms. The summed E-state index contributed by atoms with van der Waals surface area (Å²) in [5, 5.41) is 14.2. The van der Waals surface area contributed by atoms with Crippen molar-refractivity contribution in [2.45, 2.75) is 38.7 Å². The molecule has 1 heterocycles. The van der Waals surface area contributed by atoms with Crippen LogP contribution in [0.5, 0.6) is 0 Å². The van der Waals surface area contributed by atoms with Crippen LogP contribution < -0.4 is 5.32 Å². The van der Waals surface area contributed by atoms with Gasteiger partial charge in [0.05, 0.1) is 5.60 Å². The third kappa shape index (κ3) is 2.70. The Morgan fingerprint density at radius 1 is 1.47 bits per heavy atom. The first kappa shape index (κ1) is 12.6. The van der Waals surface area contributed by atoms with E-state index in [1.807, 2.05) is 13.0 Å². The molecule has 0 spiro atoms. The van der Waals surface area contributed by atoms with E-state index in [0.29, 0.717) is 5.92 Å². The van der Waals surface area contributed by atoms with Gasteiger partial charge < -0.3 is 10.4 Å². The van der Waals surface area contributed by atoms with E-state index in [1.165, 1.54) is 5.56 Å². The largest absolute Gasteiger partial charge is 0.385 e. The fourth-order valence-electron chi connectivity index (χ4n) is 2.67. The van der Waals surface area contributed by atoms with Crippen molar-refractivity contribution in [2.24, 2.45) is 5.92 Å². The molecule has 1 fully saturated rings. The molecular weight excluding hydrogens is 210 g/mol. The van der Waals surface area contributed by atoms with E-state index < -0.39 is 5.60 Å². The van der Waals surface area contributed by atoms with E-state index in [-0.39, 0.29) is 0 Å². The smallest absolute Gasteiger partial charge is 0.0908 e. The minimum Gasteiger partial charge on any atom is -0.385 e. The molecule has 2 N–H and O–H groups in total. The summed E-state index contributed by atoms with van der Waals surface area (Å²) in [5.41, 5.74) is 1.65. The minimum atomic E-state index is -0.710. The second-order valence-corrected chi connectivity index (χ2v) is 5.24. The Kier molecular flexibility index (Phi) is 3.85. The van der Waals surface area contributed by atoms with Crippen molar-refractivity contribution >= 4 is 0 Å². The monoisotopic (exact) mass is 233 g/mol. The van der Waals surface area contributed by atoms with E-state index in [2.05, 4.69) is 30.4 Å². The van der Waals surface area contributed by atoms with E-state index in [4.69, 9.17) is 0 Å². The molecular formula is C15H23NO. The van der Waals surface area contributed by atoms with Crippen molar-refractivity contribution in [2.75, 3.05) is 13.1 Å². The number of hydrogen-bond acceptors (Lipinski definition) is 2. The number of aryl methyl sites for hydroxylation is 1. The summed E-state index contributed by atoms with van der Waals surface area (Å²) in [5.74, 6) is 0.323. The zero-order valence-electron chi connectivity index (χ0n) is 10.9. The molecule has 2 heteroatoms. The summed E-state index contributed by atoms with van der Waals surface area (Å²) in [6, 6.07) is 8.37. The van der Waals surface area contributed by atoms with Gasteiger partial charge >= 0.3 is 0 Å². The Morgan fingerprint density at radius 2 is 2.29 bits per heavy atom. The maximum Gasteiger partial charge on any atom is 0.0908 e. The van der Waals surface area contributed by atoms with Crippen molar-refractivity contribution in [3.63, 3.8) is 0 Å². The van der Waals surface area contributed by atoms with Gasteiger partial charge in [0, 0.05) is 12.5 Å². The Hall–Kier alpha value is -0.860. The average molecular weight is 233 g/mol. The molecule has 94 valence electrons. The first-order valence-electron chi connectivity index (χ1n) is 6.67. The molecule has 0 amide bonds. The van der Waals surface area contributed by atoms with Gasteiger partial charge in [-0.3, -0.25) is 0 Å². The molecule has 0 bridgehead atoms. The number of benzene rings is 1. The molecule has 2 atom stereocenters. The van der Waals surface area contributed by atoms with Crippen LogP contribution in [0.4, 0.5) is 0 Å². The summed E-state index contributed by atoms with van der Waals surface area (Å²) < 4.78 is 0. The van der Waals surface area contributed by atoms with E-state index in [9.17, 15) is 5.11 Å². The lowest BCUT2D eigenvalue weighted by atomic mass is 9.78. The predicted molar refractivity (Wildman–Crippen MR) is 71.0 cm³/mol. The third-order valence-corrected chi connectivity index (χ3v) is 4.01. The molecule has 1 saturated heterocycles. The average Bonchev–Trinajstić information content (AvgIpc) is 2.40. The quantitative estimate of drug-likeness (QED) is 0.840. The molecule has 2 nitrogen and oxygen atoms in total. The fraction of sp³-hybridized carbons (Fsp3) is 0.600. The van der Waals surface area contributed by atoms with Gasteiger partial charge in [-0.15, -0.1) is 0 Å². The second-order valence-electron chi connectivity index (χ2n) is 5.24. The lowest BCUT2D eigenvalue weighted by molar-refractivity contribution is -0.0157. The summed E-state index contributed by atoms with van der Waals surface area (Å²) in [6.07, 6.45) is 3.29. The van der Waals surface area contributed by atoms with Crippen LogP contribution >= 0.6 is 0 Å². The van der Waals surface area contributed by atoms with Crippen LogP contribution in [0.15, 0.2) is 24.3 Å². The zero-order valence-corrected chi connectivity index (χ0v) is 10.9. The summed E-state index contributed by atoms with van der Waals surface area (Å²) >= 11 is 0. The lowest BCUT2D eigenvalue weighted by Crippen LogP contribution is -2.42. The standard InChI is InChI=1S/C15H23NO/c1-3-12-6-4-7-13(10-12)15(2,17)14-8-5-9-16-11-14/h4,6-7,10,14,16-17H,3,5,8-9,11H2,1-2H3. The van der Waals surface area contributed by atoms with Crippen molar-refractivity contribution < 1.29 is 5.11 Å². The Morgan fingerprint density at radius 3 is 2.94 bits per heavy atom. The summed E-state index contributed by atoms with van der Waals surface area (Å²) in [4.78, 5) is 0. The van der Waals surface area contributed by atoms with Crippen LogP contribution in [-0.4, -0.2) is 18.2 Å². The van der Waals surface area contributed by atoms with Gasteiger partial charge in [-0.05, 0) is 43.9 Å². The summed E-state index contributed by atoms with van der Waals surface area (Å²) in [7, 11) is 0. The van der Waals surface area contributed by atoms with Gasteiger partial charge in [-0.25, -0.2) is 0 Å². The highest BCUT2D eigenvalue weighted by Gasteiger charge is 2.34.